The van der Waals surface area contributed by atoms with E-state index in [1.54, 1.807) is 10.8 Å². The summed E-state index contributed by atoms with van der Waals surface area (Å²) >= 11 is 6.00. The second-order valence-corrected chi connectivity index (χ2v) is 7.99. The van der Waals surface area contributed by atoms with Crippen molar-refractivity contribution in [3.8, 4) is 11.4 Å². The molecule has 0 atom stereocenters. The first-order valence-corrected chi connectivity index (χ1v) is 10.6. The van der Waals surface area contributed by atoms with Crippen molar-refractivity contribution < 1.29 is 9.21 Å². The van der Waals surface area contributed by atoms with E-state index >= 15 is 0 Å². The molecule has 1 fully saturated rings. The molecule has 1 aliphatic rings. The largest absolute Gasteiger partial charge is 0.467 e. The van der Waals surface area contributed by atoms with Crippen molar-refractivity contribution in [1.82, 2.24) is 25.1 Å². The normalized spacial score (nSPS) is 14.8. The van der Waals surface area contributed by atoms with E-state index in [1.807, 2.05) is 48.5 Å². The molecule has 1 amide bonds. The van der Waals surface area contributed by atoms with E-state index in [0.29, 0.717) is 23.0 Å². The van der Waals surface area contributed by atoms with Crippen molar-refractivity contribution in [2.75, 3.05) is 18.0 Å². The van der Waals surface area contributed by atoms with Gasteiger partial charge >= 0.3 is 0 Å². The fourth-order valence-electron chi connectivity index (χ4n) is 3.83. The molecule has 1 aromatic carbocycles. The summed E-state index contributed by atoms with van der Waals surface area (Å²) in [5.74, 6) is 2.34. The average molecular weight is 437 g/mol. The minimum absolute atomic E-state index is 0.00511. The van der Waals surface area contributed by atoms with E-state index in [9.17, 15) is 4.79 Å². The van der Waals surface area contributed by atoms with Gasteiger partial charge in [-0.05, 0) is 61.4 Å². The maximum atomic E-state index is 12.5. The molecule has 0 spiro atoms. The molecule has 0 unspecified atom stereocenters. The Morgan fingerprint density at radius 2 is 1.90 bits per heavy atom. The molecule has 1 aliphatic heterocycles. The van der Waals surface area contributed by atoms with Crippen LogP contribution < -0.4 is 10.2 Å². The smallest absolute Gasteiger partial charge is 0.223 e. The Hall–Kier alpha value is -3.39. The van der Waals surface area contributed by atoms with Crippen molar-refractivity contribution in [3.05, 3.63) is 65.6 Å². The van der Waals surface area contributed by atoms with E-state index in [4.69, 9.17) is 21.1 Å². The number of furan rings is 1. The predicted molar refractivity (Wildman–Crippen MR) is 117 cm³/mol. The second kappa shape index (κ2) is 8.39. The maximum Gasteiger partial charge on any atom is 0.223 e. The molecule has 0 radical (unpaired) electrons. The highest BCUT2D eigenvalue weighted by Gasteiger charge is 2.26. The summed E-state index contributed by atoms with van der Waals surface area (Å²) in [6, 6.07) is 15.0. The molecule has 1 N–H and O–H groups in total. The van der Waals surface area contributed by atoms with Crippen molar-refractivity contribution in [3.63, 3.8) is 0 Å². The molecule has 31 heavy (non-hydrogen) atoms. The molecule has 9 heteroatoms. The second-order valence-electron chi connectivity index (χ2n) is 7.55. The highest BCUT2D eigenvalue weighted by Crippen LogP contribution is 2.24. The van der Waals surface area contributed by atoms with E-state index in [2.05, 4.69) is 20.4 Å². The molecule has 3 aromatic heterocycles. The molecule has 8 nitrogen and oxygen atoms in total. The maximum absolute atomic E-state index is 12.5. The van der Waals surface area contributed by atoms with Crippen LogP contribution in [-0.2, 0) is 11.3 Å². The number of carbonyl (C=O) groups excluding carboxylic acids is 1. The molecule has 4 aromatic rings. The van der Waals surface area contributed by atoms with Crippen LogP contribution >= 0.6 is 11.6 Å². The molecular formula is C22H21ClN6O2. The van der Waals surface area contributed by atoms with Crippen molar-refractivity contribution >= 4 is 29.0 Å². The number of nitrogens with one attached hydrogen (secondary N) is 1. The third-order valence-electron chi connectivity index (χ3n) is 5.56. The van der Waals surface area contributed by atoms with Crippen LogP contribution in [0.2, 0.25) is 5.02 Å². The highest BCUT2D eigenvalue weighted by atomic mass is 35.5. The fraction of sp³-hybridized carbons (Fsp3) is 0.273. The van der Waals surface area contributed by atoms with Crippen LogP contribution in [-0.4, -0.2) is 38.8 Å². The summed E-state index contributed by atoms with van der Waals surface area (Å²) < 4.78 is 7.02. The molecule has 5 rings (SSSR count). The van der Waals surface area contributed by atoms with Gasteiger partial charge in [0.25, 0.3) is 0 Å². The van der Waals surface area contributed by atoms with Crippen LogP contribution in [0.3, 0.4) is 0 Å². The molecular weight excluding hydrogens is 416 g/mol. The summed E-state index contributed by atoms with van der Waals surface area (Å²) in [5, 5.41) is 16.9. The first-order valence-electron chi connectivity index (χ1n) is 10.2. The van der Waals surface area contributed by atoms with Crippen molar-refractivity contribution in [2.45, 2.75) is 19.4 Å². The van der Waals surface area contributed by atoms with Gasteiger partial charge in [0.15, 0.2) is 11.5 Å². The predicted octanol–water partition coefficient (Wildman–Crippen LogP) is 3.57. The van der Waals surface area contributed by atoms with Crippen LogP contribution in [0.25, 0.3) is 17.0 Å². The number of piperidine rings is 1. The number of amides is 1. The Bertz CT molecular complexity index is 1180. The van der Waals surface area contributed by atoms with Gasteiger partial charge in [0.2, 0.25) is 5.91 Å². The summed E-state index contributed by atoms with van der Waals surface area (Å²) in [5.41, 5.74) is 1.58. The van der Waals surface area contributed by atoms with Gasteiger partial charge < -0.3 is 14.6 Å². The molecule has 0 aliphatic carbocycles. The lowest BCUT2D eigenvalue weighted by Crippen LogP contribution is -2.40. The highest BCUT2D eigenvalue weighted by molar-refractivity contribution is 6.30. The summed E-state index contributed by atoms with van der Waals surface area (Å²) in [4.78, 5) is 14.7. The van der Waals surface area contributed by atoms with Gasteiger partial charge in [-0.25, -0.2) is 0 Å². The number of fused-ring (bicyclic) bond motifs is 1. The number of carbonyl (C=O) groups is 1. The third kappa shape index (κ3) is 4.11. The SMILES string of the molecule is O=C(NCc1ccco1)C1CCN(c2ccc3nnc(-c4ccc(Cl)cc4)n3n2)CC1. The van der Waals surface area contributed by atoms with Gasteiger partial charge in [-0.2, -0.15) is 4.52 Å². The van der Waals surface area contributed by atoms with E-state index in [-0.39, 0.29) is 11.8 Å². The summed E-state index contributed by atoms with van der Waals surface area (Å²) in [6.07, 6.45) is 3.16. The van der Waals surface area contributed by atoms with E-state index < -0.39 is 0 Å². The topological polar surface area (TPSA) is 88.6 Å². The lowest BCUT2D eigenvalue weighted by molar-refractivity contribution is -0.125. The zero-order valence-corrected chi connectivity index (χ0v) is 17.5. The van der Waals surface area contributed by atoms with Gasteiger partial charge in [-0.15, -0.1) is 15.3 Å². The van der Waals surface area contributed by atoms with Gasteiger partial charge in [-0.1, -0.05) is 11.6 Å². The third-order valence-corrected chi connectivity index (χ3v) is 5.81. The first-order chi connectivity index (χ1) is 15.2. The van der Waals surface area contributed by atoms with Gasteiger partial charge in [0.1, 0.15) is 11.6 Å². The van der Waals surface area contributed by atoms with Crippen LogP contribution in [0.15, 0.2) is 59.2 Å². The van der Waals surface area contributed by atoms with Crippen molar-refractivity contribution in [1.29, 1.82) is 0 Å². The lowest BCUT2D eigenvalue weighted by atomic mass is 9.96. The monoisotopic (exact) mass is 436 g/mol. The van der Waals surface area contributed by atoms with Crippen LogP contribution in [0.1, 0.15) is 18.6 Å². The average Bonchev–Trinajstić information content (AvgIpc) is 3.48. The Morgan fingerprint density at radius 3 is 2.65 bits per heavy atom. The van der Waals surface area contributed by atoms with Crippen LogP contribution in [0, 0.1) is 5.92 Å². The van der Waals surface area contributed by atoms with Crippen molar-refractivity contribution in [2.24, 2.45) is 5.92 Å². The number of hydrogen-bond donors (Lipinski definition) is 1. The minimum Gasteiger partial charge on any atom is -0.467 e. The molecule has 158 valence electrons. The number of anilines is 1. The Balaban J connectivity index is 1.27. The fourth-order valence-corrected chi connectivity index (χ4v) is 3.96. The number of halogens is 1. The quantitative estimate of drug-likeness (QED) is 0.514. The van der Waals surface area contributed by atoms with Crippen LogP contribution in [0.5, 0.6) is 0 Å². The van der Waals surface area contributed by atoms with E-state index in [0.717, 1.165) is 43.1 Å². The van der Waals surface area contributed by atoms with Gasteiger partial charge in [0.05, 0.1) is 12.8 Å². The minimum atomic E-state index is -0.00511. The van der Waals surface area contributed by atoms with E-state index in [1.165, 1.54) is 0 Å². The zero-order chi connectivity index (χ0) is 21.2. The number of rotatable bonds is 5. The lowest BCUT2D eigenvalue weighted by Gasteiger charge is -2.32. The molecule has 4 heterocycles. The zero-order valence-electron chi connectivity index (χ0n) is 16.7. The number of benzene rings is 1. The summed E-state index contributed by atoms with van der Waals surface area (Å²) in [6.45, 7) is 1.94. The Kier molecular flexibility index (Phi) is 5.30. The Labute approximate surface area is 183 Å². The van der Waals surface area contributed by atoms with Crippen LogP contribution in [0.4, 0.5) is 5.82 Å². The molecule has 0 saturated carbocycles. The van der Waals surface area contributed by atoms with Gasteiger partial charge in [0, 0.05) is 29.6 Å². The molecule has 0 bridgehead atoms. The van der Waals surface area contributed by atoms with Gasteiger partial charge in [-0.3, -0.25) is 4.79 Å². The number of nitrogens with zero attached hydrogens (tertiary/aromatic N) is 5. The first kappa shape index (κ1) is 19.6. The standard InChI is InChI=1S/C22H21ClN6O2/c23-17-5-3-15(4-6-17)21-26-25-19-7-8-20(27-29(19)21)28-11-9-16(10-12-28)22(30)24-14-18-2-1-13-31-18/h1-8,13,16H,9-12,14H2,(H,24,30). The number of hydrogen-bond acceptors (Lipinski definition) is 6. The summed E-state index contributed by atoms with van der Waals surface area (Å²) in [7, 11) is 0. The Morgan fingerprint density at radius 1 is 1.10 bits per heavy atom. The number of aromatic nitrogens is 4. The molecule has 1 saturated heterocycles.